The lowest BCUT2D eigenvalue weighted by molar-refractivity contribution is 0.567. The predicted octanol–water partition coefficient (Wildman–Crippen LogP) is 4.93. The Balaban J connectivity index is 1.82. The van der Waals surface area contributed by atoms with Gasteiger partial charge in [0.05, 0.1) is 5.69 Å². The third-order valence-electron chi connectivity index (χ3n) is 5.35. The molecule has 0 N–H and O–H groups in total. The maximum absolute atomic E-state index is 13.6. The number of hydrogen-bond donors (Lipinski definition) is 0. The van der Waals surface area contributed by atoms with Gasteiger partial charge in [0.2, 0.25) is 11.7 Å². The summed E-state index contributed by atoms with van der Waals surface area (Å²) in [4.78, 5) is 17.5. The van der Waals surface area contributed by atoms with Crippen LogP contribution in [0, 0.1) is 12.9 Å². The Morgan fingerprint density at radius 1 is 1.04 bits per heavy atom. The van der Waals surface area contributed by atoms with Gasteiger partial charge >= 0.3 is 0 Å². The molecule has 0 unspecified atom stereocenters. The molecule has 1 atom stereocenters. The summed E-state index contributed by atoms with van der Waals surface area (Å²) in [7, 11) is 0. The van der Waals surface area contributed by atoms with Crippen LogP contribution in [-0.4, -0.2) is 27.2 Å². The molecule has 1 aromatic carbocycles. The van der Waals surface area contributed by atoms with E-state index in [0.717, 1.165) is 33.7 Å². The largest absolute Gasteiger partial charge is 0.435 e. The Morgan fingerprint density at radius 3 is 2.50 bits per heavy atom. The van der Waals surface area contributed by atoms with Gasteiger partial charge in [0.1, 0.15) is 6.17 Å². The zero-order valence-corrected chi connectivity index (χ0v) is 16.1. The van der Waals surface area contributed by atoms with E-state index in [4.69, 9.17) is 4.42 Å². The quantitative estimate of drug-likeness (QED) is 0.462. The van der Waals surface area contributed by atoms with Crippen LogP contribution in [0.1, 0.15) is 26.3 Å². The maximum atomic E-state index is 13.6. The van der Waals surface area contributed by atoms with E-state index in [1.807, 2.05) is 13.0 Å². The summed E-state index contributed by atoms with van der Waals surface area (Å²) >= 11 is 0. The molecule has 6 nitrogen and oxygen atoms in total. The smallest absolute Gasteiger partial charge is 0.230 e. The number of rotatable bonds is 2. The molecule has 4 aromatic rings. The highest BCUT2D eigenvalue weighted by atomic mass is 19.1. The summed E-state index contributed by atoms with van der Waals surface area (Å²) in [5, 5.41) is 1.70. The van der Waals surface area contributed by atoms with Crippen LogP contribution >= 0.6 is 0 Å². The summed E-state index contributed by atoms with van der Waals surface area (Å²) in [5.74, 6) is 1.09. The van der Waals surface area contributed by atoms with Crippen molar-refractivity contribution in [2.45, 2.75) is 39.9 Å². The van der Waals surface area contributed by atoms with Crippen LogP contribution in [0.3, 0.4) is 0 Å². The molecular weight excluding hydrogens is 357 g/mol. The molecule has 7 heteroatoms. The molecule has 0 fully saturated rings. The van der Waals surface area contributed by atoms with E-state index in [1.165, 1.54) is 6.07 Å². The lowest BCUT2D eigenvalue weighted by Crippen LogP contribution is -2.42. The van der Waals surface area contributed by atoms with Crippen LogP contribution in [0.15, 0.2) is 41.1 Å². The van der Waals surface area contributed by atoms with Gasteiger partial charge in [-0.1, -0.05) is 12.1 Å². The number of halogens is 1. The van der Waals surface area contributed by atoms with Crippen LogP contribution in [0.25, 0.3) is 22.1 Å². The van der Waals surface area contributed by atoms with Gasteiger partial charge in [-0.05, 0) is 45.4 Å². The fourth-order valence-corrected chi connectivity index (χ4v) is 4.20. The van der Waals surface area contributed by atoms with Gasteiger partial charge in [-0.15, -0.1) is 0 Å². The van der Waals surface area contributed by atoms with Gasteiger partial charge in [0.25, 0.3) is 0 Å². The van der Waals surface area contributed by atoms with Gasteiger partial charge in [-0.2, -0.15) is 9.37 Å². The van der Waals surface area contributed by atoms with Crippen molar-refractivity contribution in [3.8, 4) is 0 Å². The Hall–Kier alpha value is -3.22. The fourth-order valence-electron chi connectivity index (χ4n) is 4.20. The zero-order chi connectivity index (χ0) is 19.6. The van der Waals surface area contributed by atoms with E-state index in [2.05, 4.69) is 51.6 Å². The summed E-state index contributed by atoms with van der Waals surface area (Å²) in [6, 6.07) is 7.37. The lowest BCUT2D eigenvalue weighted by atomic mass is 10.1. The van der Waals surface area contributed by atoms with Crippen molar-refractivity contribution in [3.63, 3.8) is 0 Å². The number of aryl methyl sites for hydroxylation is 1. The van der Waals surface area contributed by atoms with Gasteiger partial charge in [0, 0.05) is 29.2 Å². The van der Waals surface area contributed by atoms with Gasteiger partial charge in [-0.3, -0.25) is 4.90 Å². The molecule has 0 radical (unpaired) electrons. The van der Waals surface area contributed by atoms with E-state index in [-0.39, 0.29) is 12.2 Å². The number of pyridine rings is 1. The van der Waals surface area contributed by atoms with E-state index >= 15 is 0 Å². The molecule has 1 aliphatic heterocycles. The highest BCUT2D eigenvalue weighted by Crippen LogP contribution is 2.46. The summed E-state index contributed by atoms with van der Waals surface area (Å²) in [5.41, 5.74) is 2.94. The Bertz CT molecular complexity index is 1220. The van der Waals surface area contributed by atoms with Crippen molar-refractivity contribution < 1.29 is 8.81 Å². The number of nitrogens with zero attached hydrogens (tertiary/aromatic N) is 5. The number of anilines is 3. The van der Waals surface area contributed by atoms with Crippen molar-refractivity contribution in [1.29, 1.82) is 0 Å². The zero-order valence-electron chi connectivity index (χ0n) is 16.1. The molecule has 0 saturated carbocycles. The molecule has 0 aliphatic carbocycles. The monoisotopic (exact) mass is 377 g/mol. The van der Waals surface area contributed by atoms with Crippen LogP contribution < -0.4 is 9.80 Å². The molecule has 0 spiro atoms. The molecule has 3 aromatic heterocycles. The summed E-state index contributed by atoms with van der Waals surface area (Å²) in [6.45, 7) is 8.44. The number of fused-ring (bicyclic) bond motifs is 4. The molecule has 0 amide bonds. The summed E-state index contributed by atoms with van der Waals surface area (Å²) < 4.78 is 19.7. The highest BCUT2D eigenvalue weighted by Gasteiger charge is 2.39. The van der Waals surface area contributed by atoms with Crippen molar-refractivity contribution in [2.75, 3.05) is 9.80 Å². The second-order valence-electron chi connectivity index (χ2n) is 7.40. The average molecular weight is 377 g/mol. The Labute approximate surface area is 161 Å². The molecule has 0 bridgehead atoms. The second-order valence-corrected chi connectivity index (χ2v) is 7.40. The molecule has 142 valence electrons. The molecular formula is C21H20FN5O. The number of furan rings is 1. The second kappa shape index (κ2) is 5.89. The average Bonchev–Trinajstić information content (AvgIpc) is 3.16. The van der Waals surface area contributed by atoms with Crippen LogP contribution in [0.5, 0.6) is 0 Å². The third-order valence-corrected chi connectivity index (χ3v) is 5.35. The van der Waals surface area contributed by atoms with Gasteiger partial charge < -0.3 is 9.32 Å². The first-order valence-electron chi connectivity index (χ1n) is 9.34. The summed E-state index contributed by atoms with van der Waals surface area (Å²) in [6.07, 6.45) is 3.42. The number of hydrogen-bond acceptors (Lipinski definition) is 6. The Kier molecular flexibility index (Phi) is 3.56. The minimum atomic E-state index is -0.554. The third kappa shape index (κ3) is 2.22. The van der Waals surface area contributed by atoms with Gasteiger partial charge in [-0.25, -0.2) is 9.97 Å². The highest BCUT2D eigenvalue weighted by molar-refractivity contribution is 6.09. The van der Waals surface area contributed by atoms with E-state index in [9.17, 15) is 4.39 Å². The first-order chi connectivity index (χ1) is 13.5. The van der Waals surface area contributed by atoms with Gasteiger partial charge in [0.15, 0.2) is 17.2 Å². The fraction of sp³-hybridized carbons (Fsp3) is 0.286. The van der Waals surface area contributed by atoms with Crippen molar-refractivity contribution >= 4 is 39.4 Å². The van der Waals surface area contributed by atoms with Crippen LogP contribution in [0.4, 0.5) is 21.7 Å². The first-order valence-corrected chi connectivity index (χ1v) is 9.34. The number of aromatic nitrogens is 3. The molecule has 4 heterocycles. The van der Waals surface area contributed by atoms with Crippen molar-refractivity contribution in [1.82, 2.24) is 15.0 Å². The van der Waals surface area contributed by atoms with Crippen molar-refractivity contribution in [3.05, 3.63) is 48.2 Å². The Morgan fingerprint density at radius 2 is 1.75 bits per heavy atom. The molecule has 1 aliphatic rings. The minimum Gasteiger partial charge on any atom is -0.435 e. The topological polar surface area (TPSA) is 58.3 Å². The maximum Gasteiger partial charge on any atom is 0.230 e. The first kappa shape index (κ1) is 16.9. The molecule has 0 saturated heterocycles. The van der Waals surface area contributed by atoms with E-state index < -0.39 is 5.95 Å². The number of benzene rings is 1. The predicted molar refractivity (Wildman–Crippen MR) is 107 cm³/mol. The molecule has 5 rings (SSSR count). The normalized spacial score (nSPS) is 16.6. The SMILES string of the molecule is Cc1ccc2c(oc3nc(F)ccc32)c1N1c2nccnc2N(C(C)C)[C@@H]1C. The van der Waals surface area contributed by atoms with E-state index in [1.54, 1.807) is 18.5 Å². The lowest BCUT2D eigenvalue weighted by Gasteiger charge is -2.32. The minimum absolute atomic E-state index is 0.000363. The standard InChI is InChI=1S/C21H20FN5O/c1-11(2)26-13(4)27(20-19(26)23-9-10-24-20)17-12(3)5-6-14-15-7-8-16(22)25-21(15)28-18(14)17/h5-11,13H,1-4H3/t13-/m0/s1. The van der Waals surface area contributed by atoms with Crippen LogP contribution in [-0.2, 0) is 0 Å². The molecule has 28 heavy (non-hydrogen) atoms. The van der Waals surface area contributed by atoms with Crippen LogP contribution in [0.2, 0.25) is 0 Å². The van der Waals surface area contributed by atoms with Crippen molar-refractivity contribution in [2.24, 2.45) is 0 Å². The van der Waals surface area contributed by atoms with E-state index in [0.29, 0.717) is 11.3 Å².